The van der Waals surface area contributed by atoms with E-state index in [0.717, 1.165) is 11.3 Å². The SMILES string of the molecule is NS(=O)(=O)c1ccc(CNc2ccnc(Cl)c2C2OCCO2)cc1. The van der Waals surface area contributed by atoms with Gasteiger partial charge in [-0.15, -0.1) is 0 Å². The van der Waals surface area contributed by atoms with Crippen LogP contribution in [0.3, 0.4) is 0 Å². The van der Waals surface area contributed by atoms with Gasteiger partial charge in [-0.2, -0.15) is 0 Å². The van der Waals surface area contributed by atoms with Crippen LogP contribution >= 0.6 is 11.6 Å². The molecule has 1 fully saturated rings. The van der Waals surface area contributed by atoms with E-state index in [4.69, 9.17) is 26.2 Å². The van der Waals surface area contributed by atoms with Crippen LogP contribution in [-0.2, 0) is 26.0 Å². The van der Waals surface area contributed by atoms with Crippen molar-refractivity contribution >= 4 is 27.3 Å². The maximum absolute atomic E-state index is 11.3. The lowest BCUT2D eigenvalue weighted by atomic mass is 10.2. The van der Waals surface area contributed by atoms with E-state index in [9.17, 15) is 8.42 Å². The number of sulfonamides is 1. The molecular weight excluding hydrogens is 354 g/mol. The van der Waals surface area contributed by atoms with Crippen LogP contribution in [0.5, 0.6) is 0 Å². The van der Waals surface area contributed by atoms with E-state index < -0.39 is 16.3 Å². The minimum atomic E-state index is -3.69. The Kier molecular flexibility index (Phi) is 5.02. The number of ether oxygens (including phenoxy) is 2. The van der Waals surface area contributed by atoms with Crippen LogP contribution in [0.15, 0.2) is 41.4 Å². The molecule has 0 radical (unpaired) electrons. The number of halogens is 1. The summed E-state index contributed by atoms with van der Waals surface area (Å²) in [6.07, 6.45) is 1.05. The average molecular weight is 370 g/mol. The van der Waals surface area contributed by atoms with E-state index >= 15 is 0 Å². The third-order valence-electron chi connectivity index (χ3n) is 3.53. The standard InChI is InChI=1S/C15H16ClN3O4S/c16-14-13(15-22-7-8-23-15)12(5-6-18-14)19-9-10-1-3-11(4-2-10)24(17,20)21/h1-6,15H,7-9H2,(H,18,19)(H2,17,20,21). The Morgan fingerprint density at radius 1 is 1.21 bits per heavy atom. The first-order chi connectivity index (χ1) is 11.4. The van der Waals surface area contributed by atoms with Gasteiger partial charge in [-0.3, -0.25) is 0 Å². The summed E-state index contributed by atoms with van der Waals surface area (Å²) in [6.45, 7) is 1.47. The Morgan fingerprint density at radius 2 is 1.88 bits per heavy atom. The largest absolute Gasteiger partial charge is 0.380 e. The number of anilines is 1. The fourth-order valence-electron chi connectivity index (χ4n) is 2.35. The summed E-state index contributed by atoms with van der Waals surface area (Å²) in [5, 5.41) is 8.64. The second-order valence-electron chi connectivity index (χ2n) is 5.18. The van der Waals surface area contributed by atoms with Crippen molar-refractivity contribution < 1.29 is 17.9 Å². The molecule has 1 saturated heterocycles. The van der Waals surface area contributed by atoms with Crippen LogP contribution in [0.4, 0.5) is 5.69 Å². The first-order valence-electron chi connectivity index (χ1n) is 7.18. The summed E-state index contributed by atoms with van der Waals surface area (Å²) < 4.78 is 33.5. The van der Waals surface area contributed by atoms with Gasteiger partial charge in [0.25, 0.3) is 0 Å². The van der Waals surface area contributed by atoms with Gasteiger partial charge in [0.05, 0.1) is 23.7 Å². The molecule has 0 unspecified atom stereocenters. The van der Waals surface area contributed by atoms with Crippen LogP contribution in [0.2, 0.25) is 5.15 Å². The summed E-state index contributed by atoms with van der Waals surface area (Å²) in [4.78, 5) is 4.14. The number of nitrogens with zero attached hydrogens (tertiary/aromatic N) is 1. The predicted octanol–water partition coefficient (Wildman–Crippen LogP) is 2.04. The van der Waals surface area contributed by atoms with Gasteiger partial charge < -0.3 is 14.8 Å². The second-order valence-corrected chi connectivity index (χ2v) is 7.10. The van der Waals surface area contributed by atoms with Gasteiger partial charge in [-0.25, -0.2) is 18.5 Å². The number of nitrogens with one attached hydrogen (secondary N) is 1. The molecule has 0 amide bonds. The summed E-state index contributed by atoms with van der Waals surface area (Å²) in [5.74, 6) is 0. The Labute approximate surface area is 144 Å². The lowest BCUT2D eigenvalue weighted by Crippen LogP contribution is -2.12. The van der Waals surface area contributed by atoms with Gasteiger partial charge in [0.1, 0.15) is 5.15 Å². The van der Waals surface area contributed by atoms with Gasteiger partial charge in [0.2, 0.25) is 10.0 Å². The monoisotopic (exact) mass is 369 g/mol. The third-order valence-corrected chi connectivity index (χ3v) is 4.76. The summed E-state index contributed by atoms with van der Waals surface area (Å²) in [7, 11) is -3.69. The highest BCUT2D eigenvalue weighted by atomic mass is 35.5. The van der Waals surface area contributed by atoms with Gasteiger partial charge >= 0.3 is 0 Å². The van der Waals surface area contributed by atoms with Crippen molar-refractivity contribution in [2.24, 2.45) is 5.14 Å². The number of hydrogen-bond acceptors (Lipinski definition) is 6. The van der Waals surface area contributed by atoms with E-state index in [1.165, 1.54) is 12.1 Å². The van der Waals surface area contributed by atoms with E-state index in [0.29, 0.717) is 30.5 Å². The first-order valence-corrected chi connectivity index (χ1v) is 9.11. The molecule has 1 aliphatic rings. The van der Waals surface area contributed by atoms with Crippen molar-refractivity contribution in [3.8, 4) is 0 Å². The fraction of sp³-hybridized carbons (Fsp3) is 0.267. The predicted molar refractivity (Wildman–Crippen MR) is 89.0 cm³/mol. The van der Waals surface area contributed by atoms with E-state index in [1.807, 2.05) is 0 Å². The average Bonchev–Trinajstić information content (AvgIpc) is 3.06. The lowest BCUT2D eigenvalue weighted by Gasteiger charge is -2.17. The number of rotatable bonds is 5. The molecular formula is C15H16ClN3O4S. The highest BCUT2D eigenvalue weighted by Crippen LogP contribution is 2.34. The number of primary sulfonamides is 1. The summed E-state index contributed by atoms with van der Waals surface area (Å²) in [5.41, 5.74) is 2.28. The minimum Gasteiger partial charge on any atom is -0.380 e. The van der Waals surface area contributed by atoms with Crippen molar-refractivity contribution in [3.63, 3.8) is 0 Å². The van der Waals surface area contributed by atoms with Crippen LogP contribution in [0.1, 0.15) is 17.4 Å². The maximum Gasteiger partial charge on any atom is 0.238 e. The Hall–Kier alpha value is -1.71. The molecule has 2 heterocycles. The Morgan fingerprint density at radius 3 is 2.50 bits per heavy atom. The number of nitrogens with two attached hydrogens (primary N) is 1. The van der Waals surface area contributed by atoms with Crippen LogP contribution < -0.4 is 10.5 Å². The van der Waals surface area contributed by atoms with Crippen LogP contribution in [-0.4, -0.2) is 26.6 Å². The zero-order chi connectivity index (χ0) is 17.2. The maximum atomic E-state index is 11.3. The van der Waals surface area contributed by atoms with Gasteiger partial charge in [-0.1, -0.05) is 23.7 Å². The minimum absolute atomic E-state index is 0.0756. The summed E-state index contributed by atoms with van der Waals surface area (Å²) in [6, 6.07) is 8.10. The van der Waals surface area contributed by atoms with Crippen molar-refractivity contribution in [2.75, 3.05) is 18.5 Å². The molecule has 0 saturated carbocycles. The summed E-state index contributed by atoms with van der Waals surface area (Å²) >= 11 is 6.17. The van der Waals surface area contributed by atoms with Crippen LogP contribution in [0, 0.1) is 0 Å². The molecule has 128 valence electrons. The molecule has 0 bridgehead atoms. The normalized spacial score (nSPS) is 15.6. The molecule has 1 aliphatic heterocycles. The molecule has 3 N–H and O–H groups in total. The molecule has 0 atom stereocenters. The molecule has 0 aliphatic carbocycles. The van der Waals surface area contributed by atoms with Crippen molar-refractivity contribution in [3.05, 3.63) is 52.8 Å². The molecule has 2 aromatic rings. The molecule has 9 heteroatoms. The quantitative estimate of drug-likeness (QED) is 0.781. The number of pyridine rings is 1. The highest BCUT2D eigenvalue weighted by Gasteiger charge is 2.24. The number of hydrogen-bond donors (Lipinski definition) is 2. The van der Waals surface area contributed by atoms with E-state index in [2.05, 4.69) is 10.3 Å². The van der Waals surface area contributed by atoms with E-state index in [1.54, 1.807) is 24.4 Å². The highest BCUT2D eigenvalue weighted by molar-refractivity contribution is 7.89. The first kappa shape index (κ1) is 17.1. The van der Waals surface area contributed by atoms with Crippen LogP contribution in [0.25, 0.3) is 0 Å². The Bertz CT molecular complexity index is 821. The smallest absolute Gasteiger partial charge is 0.238 e. The van der Waals surface area contributed by atoms with Gasteiger partial charge in [-0.05, 0) is 23.8 Å². The number of aromatic nitrogens is 1. The van der Waals surface area contributed by atoms with Crippen molar-refractivity contribution in [2.45, 2.75) is 17.7 Å². The fourth-order valence-corrected chi connectivity index (χ4v) is 3.11. The molecule has 0 spiro atoms. The lowest BCUT2D eigenvalue weighted by molar-refractivity contribution is -0.0437. The van der Waals surface area contributed by atoms with Crippen molar-refractivity contribution in [1.82, 2.24) is 4.98 Å². The second kappa shape index (κ2) is 7.04. The molecule has 7 nitrogen and oxygen atoms in total. The van der Waals surface area contributed by atoms with Gasteiger partial charge in [0.15, 0.2) is 6.29 Å². The molecule has 24 heavy (non-hydrogen) atoms. The zero-order valence-corrected chi connectivity index (χ0v) is 14.2. The van der Waals surface area contributed by atoms with Gasteiger partial charge in [0, 0.05) is 18.4 Å². The zero-order valence-electron chi connectivity index (χ0n) is 12.6. The Balaban J connectivity index is 1.76. The third kappa shape index (κ3) is 3.85. The van der Waals surface area contributed by atoms with E-state index in [-0.39, 0.29) is 4.90 Å². The topological polar surface area (TPSA) is 104 Å². The molecule has 1 aromatic heterocycles. The molecule has 3 rings (SSSR count). The molecule has 1 aromatic carbocycles. The number of benzene rings is 1. The van der Waals surface area contributed by atoms with Crippen molar-refractivity contribution in [1.29, 1.82) is 0 Å².